The Bertz CT molecular complexity index is 380. The molecule has 0 aliphatic heterocycles. The Balaban J connectivity index is 1.76. The quantitative estimate of drug-likeness (QED) is 0.813. The molecular weight excluding hydrogens is 252 g/mol. The van der Waals surface area contributed by atoms with Gasteiger partial charge < -0.3 is 10.2 Å². The van der Waals surface area contributed by atoms with Gasteiger partial charge in [0.15, 0.2) is 0 Å². The molecule has 3 nitrogen and oxygen atoms in total. The van der Waals surface area contributed by atoms with Gasteiger partial charge in [-0.25, -0.2) is 0 Å². The highest BCUT2D eigenvalue weighted by Crippen LogP contribution is 2.66. The van der Waals surface area contributed by atoms with Gasteiger partial charge in [0.25, 0.3) is 0 Å². The number of rotatable bonds is 5. The Kier molecular flexibility index (Phi) is 3.83. The average Bonchev–Trinajstić information content (AvgIpc) is 3.07. The predicted octanol–water partition coefficient (Wildman–Crippen LogP) is 3.17. The highest BCUT2D eigenvalue weighted by atomic mass is 16.4. The molecule has 8 unspecified atom stereocenters. The Labute approximate surface area is 121 Å². The van der Waals surface area contributed by atoms with Crippen LogP contribution in [0.15, 0.2) is 0 Å². The smallest absolute Gasteiger partial charge is 0.305 e. The van der Waals surface area contributed by atoms with Crippen LogP contribution in [0.25, 0.3) is 0 Å². The highest BCUT2D eigenvalue weighted by molar-refractivity contribution is 5.67. The van der Waals surface area contributed by atoms with Crippen LogP contribution in [0.3, 0.4) is 0 Å². The minimum absolute atomic E-state index is 0.0702. The molecular formula is C17H28O3. The SMILES string of the molecule is CCC1CC(CC)C2C3CC(CC3C(O)CC(=O)O)C12. The third kappa shape index (κ3) is 2.09. The second kappa shape index (κ2) is 5.32. The summed E-state index contributed by atoms with van der Waals surface area (Å²) in [7, 11) is 0. The largest absolute Gasteiger partial charge is 0.481 e. The number of hydrogen-bond acceptors (Lipinski definition) is 2. The van der Waals surface area contributed by atoms with E-state index in [1.807, 2.05) is 0 Å². The zero-order valence-corrected chi connectivity index (χ0v) is 12.7. The van der Waals surface area contributed by atoms with Crippen LogP contribution >= 0.6 is 0 Å². The molecule has 0 saturated heterocycles. The summed E-state index contributed by atoms with van der Waals surface area (Å²) in [5.41, 5.74) is 0. The van der Waals surface area contributed by atoms with Gasteiger partial charge in [-0.3, -0.25) is 4.79 Å². The predicted molar refractivity (Wildman–Crippen MR) is 77.1 cm³/mol. The van der Waals surface area contributed by atoms with Crippen LogP contribution in [-0.2, 0) is 4.79 Å². The van der Waals surface area contributed by atoms with E-state index in [1.165, 1.54) is 25.7 Å². The first-order chi connectivity index (χ1) is 9.56. The van der Waals surface area contributed by atoms with Gasteiger partial charge in [0.2, 0.25) is 0 Å². The zero-order valence-electron chi connectivity index (χ0n) is 12.7. The highest BCUT2D eigenvalue weighted by Gasteiger charge is 2.60. The first-order valence-corrected chi connectivity index (χ1v) is 8.46. The van der Waals surface area contributed by atoms with Gasteiger partial charge in [-0.05, 0) is 60.7 Å². The number of fused-ring (bicyclic) bond motifs is 5. The van der Waals surface area contributed by atoms with Crippen LogP contribution in [0, 0.1) is 41.4 Å². The van der Waals surface area contributed by atoms with Gasteiger partial charge in [0.05, 0.1) is 12.5 Å². The van der Waals surface area contributed by atoms with Gasteiger partial charge in [0, 0.05) is 0 Å². The van der Waals surface area contributed by atoms with Crippen molar-refractivity contribution in [3.63, 3.8) is 0 Å². The van der Waals surface area contributed by atoms with Crippen LogP contribution < -0.4 is 0 Å². The van der Waals surface area contributed by atoms with E-state index in [1.54, 1.807) is 0 Å². The lowest BCUT2D eigenvalue weighted by molar-refractivity contribution is -0.140. The average molecular weight is 280 g/mol. The van der Waals surface area contributed by atoms with Crippen molar-refractivity contribution in [3.8, 4) is 0 Å². The Morgan fingerprint density at radius 3 is 2.35 bits per heavy atom. The van der Waals surface area contributed by atoms with Crippen LogP contribution in [0.5, 0.6) is 0 Å². The van der Waals surface area contributed by atoms with Crippen molar-refractivity contribution in [2.75, 3.05) is 0 Å². The maximum absolute atomic E-state index is 10.9. The molecule has 0 amide bonds. The van der Waals surface area contributed by atoms with Crippen LogP contribution in [0.2, 0.25) is 0 Å². The molecule has 3 heteroatoms. The topological polar surface area (TPSA) is 57.5 Å². The molecule has 0 radical (unpaired) electrons. The van der Waals surface area contributed by atoms with Gasteiger partial charge in [0.1, 0.15) is 0 Å². The van der Waals surface area contributed by atoms with E-state index in [-0.39, 0.29) is 12.3 Å². The molecule has 20 heavy (non-hydrogen) atoms. The summed E-state index contributed by atoms with van der Waals surface area (Å²) in [4.78, 5) is 10.9. The molecule has 3 saturated carbocycles. The molecule has 114 valence electrons. The fourth-order valence-corrected chi connectivity index (χ4v) is 6.22. The molecule has 2 bridgehead atoms. The van der Waals surface area contributed by atoms with Crippen molar-refractivity contribution in [3.05, 3.63) is 0 Å². The summed E-state index contributed by atoms with van der Waals surface area (Å²) in [6.45, 7) is 4.62. The standard InChI is InChI=1S/C17H28O3/c1-3-9-5-10(4-2)17-13-7-11(16(9)17)6-12(13)14(18)8-15(19)20/h9-14,16-18H,3-8H2,1-2H3,(H,19,20). The Morgan fingerprint density at radius 1 is 1.10 bits per heavy atom. The number of aliphatic carboxylic acids is 1. The fourth-order valence-electron chi connectivity index (χ4n) is 6.22. The third-order valence-electron chi connectivity index (χ3n) is 6.80. The lowest BCUT2D eigenvalue weighted by Gasteiger charge is -2.37. The number of hydrogen-bond donors (Lipinski definition) is 2. The summed E-state index contributed by atoms with van der Waals surface area (Å²) in [6, 6.07) is 0. The van der Waals surface area contributed by atoms with Crippen molar-refractivity contribution in [2.24, 2.45) is 41.4 Å². The van der Waals surface area contributed by atoms with E-state index in [2.05, 4.69) is 13.8 Å². The molecule has 0 aromatic rings. The van der Waals surface area contributed by atoms with Crippen molar-refractivity contribution >= 4 is 5.97 Å². The maximum atomic E-state index is 10.9. The van der Waals surface area contributed by atoms with Crippen molar-refractivity contribution in [2.45, 2.75) is 58.5 Å². The van der Waals surface area contributed by atoms with E-state index in [0.29, 0.717) is 5.92 Å². The number of carbonyl (C=O) groups is 1. The summed E-state index contributed by atoms with van der Waals surface area (Å²) >= 11 is 0. The number of aliphatic hydroxyl groups is 1. The zero-order chi connectivity index (χ0) is 14.4. The van der Waals surface area contributed by atoms with Crippen molar-refractivity contribution < 1.29 is 15.0 Å². The molecule has 3 rings (SSSR count). The van der Waals surface area contributed by atoms with Gasteiger partial charge in [-0.2, -0.15) is 0 Å². The van der Waals surface area contributed by atoms with Gasteiger partial charge in [-0.15, -0.1) is 0 Å². The van der Waals surface area contributed by atoms with Crippen molar-refractivity contribution in [1.29, 1.82) is 0 Å². The lowest BCUT2D eigenvalue weighted by Crippen LogP contribution is -2.36. The minimum Gasteiger partial charge on any atom is -0.481 e. The second-order valence-corrected chi connectivity index (χ2v) is 7.45. The molecule has 0 spiro atoms. The lowest BCUT2D eigenvalue weighted by atomic mass is 9.69. The van der Waals surface area contributed by atoms with E-state index in [9.17, 15) is 9.90 Å². The van der Waals surface area contributed by atoms with E-state index >= 15 is 0 Å². The number of aliphatic hydroxyl groups excluding tert-OH is 1. The first-order valence-electron chi connectivity index (χ1n) is 8.46. The van der Waals surface area contributed by atoms with Gasteiger partial charge in [-0.1, -0.05) is 26.7 Å². The summed E-state index contributed by atoms with van der Waals surface area (Å²) in [5, 5.41) is 19.2. The molecule has 8 atom stereocenters. The number of carboxylic acid groups (broad SMARTS) is 1. The summed E-state index contributed by atoms with van der Waals surface area (Å²) < 4.78 is 0. The second-order valence-electron chi connectivity index (χ2n) is 7.45. The van der Waals surface area contributed by atoms with Crippen LogP contribution in [0.4, 0.5) is 0 Å². The molecule has 3 aliphatic carbocycles. The molecule has 0 aromatic heterocycles. The van der Waals surface area contributed by atoms with Gasteiger partial charge >= 0.3 is 5.97 Å². The summed E-state index contributed by atoms with van der Waals surface area (Å²) in [6.07, 6.45) is 5.56. The van der Waals surface area contributed by atoms with E-state index in [0.717, 1.165) is 36.0 Å². The Hall–Kier alpha value is -0.570. The molecule has 2 N–H and O–H groups in total. The van der Waals surface area contributed by atoms with Crippen LogP contribution in [-0.4, -0.2) is 22.3 Å². The Morgan fingerprint density at radius 2 is 1.75 bits per heavy atom. The fraction of sp³-hybridized carbons (Fsp3) is 0.941. The third-order valence-corrected chi connectivity index (χ3v) is 6.80. The molecule has 0 heterocycles. The summed E-state index contributed by atoms with van der Waals surface area (Å²) in [5.74, 6) is 4.11. The molecule has 3 fully saturated rings. The van der Waals surface area contributed by atoms with Crippen LogP contribution in [0.1, 0.15) is 52.4 Å². The molecule has 3 aliphatic rings. The normalized spacial score (nSPS) is 47.5. The monoisotopic (exact) mass is 280 g/mol. The minimum atomic E-state index is -0.860. The first kappa shape index (κ1) is 14.4. The van der Waals surface area contributed by atoms with E-state index in [4.69, 9.17) is 5.11 Å². The molecule has 0 aromatic carbocycles. The van der Waals surface area contributed by atoms with Crippen molar-refractivity contribution in [1.82, 2.24) is 0 Å². The maximum Gasteiger partial charge on any atom is 0.305 e. The van der Waals surface area contributed by atoms with E-state index < -0.39 is 12.1 Å². The number of carboxylic acids is 1.